The Labute approximate surface area is 136 Å². The highest BCUT2D eigenvalue weighted by Crippen LogP contribution is 2.29. The van der Waals surface area contributed by atoms with Crippen LogP contribution in [0.2, 0.25) is 0 Å². The first kappa shape index (κ1) is 17.8. The van der Waals surface area contributed by atoms with E-state index in [0.717, 1.165) is 0 Å². The summed E-state index contributed by atoms with van der Waals surface area (Å²) in [7, 11) is 0. The summed E-state index contributed by atoms with van der Waals surface area (Å²) in [5.74, 6) is 0.0909. The first-order valence-electron chi connectivity index (χ1n) is 7.18. The standard InChI is InChI=1S/C15H18F2N2O5/c1-15(2,3)23-14(20)18-6-7-21-12-10-8-9(22-13(16)17)4-5-11(10)24-19-12/h4-5,8,13H,6-7H2,1-3H3,(H,18,20). The van der Waals surface area contributed by atoms with Crippen LogP contribution in [0.3, 0.4) is 0 Å². The maximum atomic E-state index is 12.2. The normalized spacial score (nSPS) is 11.6. The molecule has 0 aliphatic rings. The van der Waals surface area contributed by atoms with Gasteiger partial charge in [0.05, 0.1) is 11.9 Å². The molecule has 0 fully saturated rings. The summed E-state index contributed by atoms with van der Waals surface area (Å²) >= 11 is 0. The molecular weight excluding hydrogens is 326 g/mol. The van der Waals surface area contributed by atoms with Gasteiger partial charge in [0, 0.05) is 0 Å². The molecule has 1 N–H and O–H groups in total. The van der Waals surface area contributed by atoms with Crippen molar-refractivity contribution in [2.45, 2.75) is 33.0 Å². The average molecular weight is 344 g/mol. The van der Waals surface area contributed by atoms with Gasteiger partial charge in [-0.2, -0.15) is 8.78 Å². The summed E-state index contributed by atoms with van der Waals surface area (Å²) in [5.41, 5.74) is -0.222. The number of rotatable bonds is 6. The fourth-order valence-electron chi connectivity index (χ4n) is 1.79. The first-order chi connectivity index (χ1) is 11.2. The van der Waals surface area contributed by atoms with Crippen molar-refractivity contribution >= 4 is 17.1 Å². The molecule has 24 heavy (non-hydrogen) atoms. The lowest BCUT2D eigenvalue weighted by atomic mass is 10.2. The van der Waals surface area contributed by atoms with Crippen LogP contribution in [0.15, 0.2) is 22.7 Å². The number of nitrogens with zero attached hydrogens (tertiary/aromatic N) is 1. The number of benzene rings is 1. The Bertz CT molecular complexity index is 697. The number of ether oxygens (including phenoxy) is 3. The lowest BCUT2D eigenvalue weighted by Gasteiger charge is -2.19. The van der Waals surface area contributed by atoms with E-state index in [0.29, 0.717) is 11.0 Å². The van der Waals surface area contributed by atoms with Crippen LogP contribution in [0, 0.1) is 0 Å². The Kier molecular flexibility index (Phi) is 5.42. The van der Waals surface area contributed by atoms with Crippen LogP contribution in [-0.2, 0) is 4.74 Å². The molecule has 132 valence electrons. The van der Waals surface area contributed by atoms with E-state index >= 15 is 0 Å². The first-order valence-corrected chi connectivity index (χ1v) is 7.18. The predicted octanol–water partition coefficient (Wildman–Crippen LogP) is 3.33. The van der Waals surface area contributed by atoms with Crippen molar-refractivity contribution < 1.29 is 32.3 Å². The highest BCUT2D eigenvalue weighted by atomic mass is 19.3. The molecule has 1 heterocycles. The number of halogens is 2. The third-order valence-corrected chi connectivity index (χ3v) is 2.64. The van der Waals surface area contributed by atoms with Crippen LogP contribution >= 0.6 is 0 Å². The number of amides is 1. The van der Waals surface area contributed by atoms with E-state index in [1.165, 1.54) is 18.2 Å². The van der Waals surface area contributed by atoms with Crippen LogP contribution in [-0.4, -0.2) is 36.6 Å². The Hall–Kier alpha value is -2.58. The van der Waals surface area contributed by atoms with Crippen molar-refractivity contribution in [3.63, 3.8) is 0 Å². The number of nitrogens with one attached hydrogen (secondary N) is 1. The highest BCUT2D eigenvalue weighted by molar-refractivity contribution is 5.83. The van der Waals surface area contributed by atoms with Gasteiger partial charge in [0.1, 0.15) is 18.0 Å². The minimum absolute atomic E-state index is 0.0302. The summed E-state index contributed by atoms with van der Waals surface area (Å²) in [6.07, 6.45) is -0.566. The Morgan fingerprint density at radius 3 is 2.79 bits per heavy atom. The number of carbonyl (C=O) groups excluding carboxylic acids is 1. The second-order valence-electron chi connectivity index (χ2n) is 5.80. The fourth-order valence-corrected chi connectivity index (χ4v) is 1.79. The van der Waals surface area contributed by atoms with Gasteiger partial charge in [0.25, 0.3) is 5.88 Å². The zero-order chi connectivity index (χ0) is 17.7. The van der Waals surface area contributed by atoms with E-state index in [1.807, 2.05) is 0 Å². The van der Waals surface area contributed by atoms with Gasteiger partial charge in [-0.15, -0.1) is 0 Å². The molecule has 0 bridgehead atoms. The molecule has 0 unspecified atom stereocenters. The number of hydrogen-bond acceptors (Lipinski definition) is 6. The molecule has 2 aromatic rings. The second-order valence-corrected chi connectivity index (χ2v) is 5.80. The number of alkyl carbamates (subject to hydrolysis) is 1. The van der Waals surface area contributed by atoms with Crippen LogP contribution < -0.4 is 14.8 Å². The van der Waals surface area contributed by atoms with Crippen molar-refractivity contribution in [2.24, 2.45) is 0 Å². The molecule has 9 heteroatoms. The molecular formula is C15H18F2N2O5. The molecule has 0 atom stereocenters. The molecule has 1 aromatic heterocycles. The van der Waals surface area contributed by atoms with E-state index in [2.05, 4.69) is 15.2 Å². The van der Waals surface area contributed by atoms with Gasteiger partial charge in [0.2, 0.25) is 0 Å². The van der Waals surface area contributed by atoms with E-state index < -0.39 is 18.3 Å². The van der Waals surface area contributed by atoms with Crippen LogP contribution in [0.1, 0.15) is 20.8 Å². The van der Waals surface area contributed by atoms with Gasteiger partial charge in [-0.1, -0.05) is 0 Å². The average Bonchev–Trinajstić information content (AvgIpc) is 2.83. The topological polar surface area (TPSA) is 82.8 Å². The third-order valence-electron chi connectivity index (χ3n) is 2.64. The van der Waals surface area contributed by atoms with E-state index in [1.54, 1.807) is 20.8 Å². The van der Waals surface area contributed by atoms with Gasteiger partial charge >= 0.3 is 12.7 Å². The number of fused-ring (bicyclic) bond motifs is 1. The second kappa shape index (κ2) is 7.33. The molecule has 0 radical (unpaired) electrons. The molecule has 0 aliphatic carbocycles. The molecule has 1 aromatic carbocycles. The van der Waals surface area contributed by atoms with Gasteiger partial charge < -0.3 is 24.1 Å². The van der Waals surface area contributed by atoms with Gasteiger partial charge in [-0.05, 0) is 44.1 Å². The fraction of sp³-hybridized carbons (Fsp3) is 0.467. The van der Waals surface area contributed by atoms with Crippen LogP contribution in [0.4, 0.5) is 13.6 Å². The van der Waals surface area contributed by atoms with Crippen molar-refractivity contribution in [3.05, 3.63) is 18.2 Å². The summed E-state index contributed by atoms with van der Waals surface area (Å²) in [6, 6.07) is 4.13. The quantitative estimate of drug-likeness (QED) is 0.810. The van der Waals surface area contributed by atoms with E-state index in [4.69, 9.17) is 14.0 Å². The van der Waals surface area contributed by atoms with E-state index in [9.17, 15) is 13.6 Å². The van der Waals surface area contributed by atoms with Crippen LogP contribution in [0.5, 0.6) is 11.6 Å². The van der Waals surface area contributed by atoms with Crippen molar-refractivity contribution in [1.29, 1.82) is 0 Å². The van der Waals surface area contributed by atoms with Gasteiger partial charge in [-0.25, -0.2) is 4.79 Å². The molecule has 0 spiro atoms. The minimum atomic E-state index is -2.93. The largest absolute Gasteiger partial charge is 0.473 e. The summed E-state index contributed by atoms with van der Waals surface area (Å²) in [5, 5.41) is 6.62. The van der Waals surface area contributed by atoms with Crippen molar-refractivity contribution in [2.75, 3.05) is 13.2 Å². The number of aromatic nitrogens is 1. The predicted molar refractivity (Wildman–Crippen MR) is 80.4 cm³/mol. The highest BCUT2D eigenvalue weighted by Gasteiger charge is 2.16. The maximum absolute atomic E-state index is 12.2. The summed E-state index contributed by atoms with van der Waals surface area (Å²) < 4.78 is 44.3. The van der Waals surface area contributed by atoms with Crippen molar-refractivity contribution in [1.82, 2.24) is 10.5 Å². The molecule has 0 aliphatic heterocycles. The van der Waals surface area contributed by atoms with Gasteiger partial charge in [0.15, 0.2) is 5.58 Å². The lowest BCUT2D eigenvalue weighted by Crippen LogP contribution is -2.34. The zero-order valence-electron chi connectivity index (χ0n) is 13.5. The molecule has 7 nitrogen and oxygen atoms in total. The SMILES string of the molecule is CC(C)(C)OC(=O)NCCOc1noc2ccc(OC(F)F)cc12. The summed E-state index contributed by atoms with van der Waals surface area (Å²) in [6.45, 7) is 2.61. The Morgan fingerprint density at radius 2 is 2.12 bits per heavy atom. The van der Waals surface area contributed by atoms with Gasteiger partial charge in [-0.3, -0.25) is 0 Å². The number of carbonyl (C=O) groups is 1. The van der Waals surface area contributed by atoms with Crippen LogP contribution in [0.25, 0.3) is 11.0 Å². The smallest absolute Gasteiger partial charge is 0.407 e. The molecule has 0 saturated heterocycles. The zero-order valence-corrected chi connectivity index (χ0v) is 13.5. The van der Waals surface area contributed by atoms with E-state index in [-0.39, 0.29) is 24.8 Å². The monoisotopic (exact) mass is 344 g/mol. The number of alkyl halides is 2. The number of hydrogen-bond donors (Lipinski definition) is 1. The third kappa shape index (κ3) is 5.25. The minimum Gasteiger partial charge on any atom is -0.473 e. The Balaban J connectivity index is 1.89. The molecule has 0 saturated carbocycles. The Morgan fingerprint density at radius 1 is 1.38 bits per heavy atom. The lowest BCUT2D eigenvalue weighted by molar-refractivity contribution is -0.0497. The molecule has 2 rings (SSSR count). The van der Waals surface area contributed by atoms with Crippen molar-refractivity contribution in [3.8, 4) is 11.6 Å². The maximum Gasteiger partial charge on any atom is 0.407 e. The molecule has 1 amide bonds. The summed E-state index contributed by atoms with van der Waals surface area (Å²) in [4.78, 5) is 11.5.